The maximum Gasteiger partial charge on any atom is 0.264 e. The zero-order chi connectivity index (χ0) is 31.7. The Bertz CT molecular complexity index is 1500. The molecule has 9 nitrogen and oxygen atoms in total. The van der Waals surface area contributed by atoms with Crippen molar-refractivity contribution in [2.75, 3.05) is 25.1 Å². The Morgan fingerprint density at radius 1 is 0.930 bits per heavy atom. The van der Waals surface area contributed by atoms with Crippen LogP contribution in [0.3, 0.4) is 0 Å². The standard InChI is InChI=1S/C31H37ClFN3O6S/c1-6-21(3)34-31(38)27(7-2)35(19-22-8-12-24(33)13-9-22)30(37)20-36(25-14-10-23(32)11-15-25)43(39,40)26-16-17-28(41-4)29(18-26)42-5/h8-18,21,27H,6-7,19-20H2,1-5H3,(H,34,38)/t21-,27+/m1/s1. The minimum atomic E-state index is -4.35. The van der Waals surface area contributed by atoms with Crippen LogP contribution in [0, 0.1) is 5.82 Å². The van der Waals surface area contributed by atoms with Crippen molar-refractivity contribution in [2.45, 2.75) is 57.1 Å². The first-order valence-corrected chi connectivity index (χ1v) is 15.6. The Labute approximate surface area is 257 Å². The molecule has 2 amide bonds. The number of carbonyl (C=O) groups is 2. The van der Waals surface area contributed by atoms with Crippen molar-refractivity contribution in [3.05, 3.63) is 83.1 Å². The molecule has 0 spiro atoms. The molecule has 3 rings (SSSR count). The van der Waals surface area contributed by atoms with E-state index in [0.717, 1.165) is 4.31 Å². The Morgan fingerprint density at radius 3 is 2.12 bits per heavy atom. The van der Waals surface area contributed by atoms with Gasteiger partial charge in [-0.05, 0) is 73.9 Å². The lowest BCUT2D eigenvalue weighted by Crippen LogP contribution is -2.53. The molecule has 0 saturated heterocycles. The lowest BCUT2D eigenvalue weighted by Gasteiger charge is -2.33. The third-order valence-electron chi connectivity index (χ3n) is 6.99. The molecular weight excluding hydrogens is 597 g/mol. The molecule has 2 atom stereocenters. The van der Waals surface area contributed by atoms with Gasteiger partial charge < -0.3 is 19.7 Å². The Morgan fingerprint density at radius 2 is 1.56 bits per heavy atom. The molecular formula is C31H37ClFN3O6S. The summed E-state index contributed by atoms with van der Waals surface area (Å²) < 4.78 is 53.4. The van der Waals surface area contributed by atoms with Crippen LogP contribution in [0.25, 0.3) is 0 Å². The van der Waals surface area contributed by atoms with Crippen LogP contribution in [0.2, 0.25) is 5.02 Å². The first-order chi connectivity index (χ1) is 20.4. The molecule has 0 aliphatic carbocycles. The third-order valence-corrected chi connectivity index (χ3v) is 9.01. The minimum Gasteiger partial charge on any atom is -0.493 e. The van der Waals surface area contributed by atoms with Crippen LogP contribution < -0.4 is 19.1 Å². The number of ether oxygens (including phenoxy) is 2. The fourth-order valence-electron chi connectivity index (χ4n) is 4.39. The molecule has 0 radical (unpaired) electrons. The maximum atomic E-state index is 14.1. The van der Waals surface area contributed by atoms with Gasteiger partial charge in [-0.25, -0.2) is 12.8 Å². The highest BCUT2D eigenvalue weighted by Gasteiger charge is 2.34. The number of sulfonamides is 1. The van der Waals surface area contributed by atoms with E-state index in [9.17, 15) is 22.4 Å². The summed E-state index contributed by atoms with van der Waals surface area (Å²) in [6.45, 7) is 4.87. The van der Waals surface area contributed by atoms with Gasteiger partial charge in [-0.15, -0.1) is 0 Å². The second-order valence-electron chi connectivity index (χ2n) is 9.89. The number of hydrogen-bond donors (Lipinski definition) is 1. The molecule has 0 aromatic heterocycles. The van der Waals surface area contributed by atoms with Crippen molar-refractivity contribution in [2.24, 2.45) is 0 Å². The number of hydrogen-bond acceptors (Lipinski definition) is 6. The zero-order valence-electron chi connectivity index (χ0n) is 24.8. The van der Waals surface area contributed by atoms with Gasteiger partial charge in [0.15, 0.2) is 11.5 Å². The monoisotopic (exact) mass is 633 g/mol. The van der Waals surface area contributed by atoms with Gasteiger partial charge in [-0.3, -0.25) is 13.9 Å². The number of amides is 2. The normalized spacial score (nSPS) is 12.6. The molecule has 43 heavy (non-hydrogen) atoms. The number of rotatable bonds is 14. The summed E-state index contributed by atoms with van der Waals surface area (Å²) in [6.07, 6.45) is 0.945. The third kappa shape index (κ3) is 8.39. The van der Waals surface area contributed by atoms with Gasteiger partial charge in [-0.1, -0.05) is 37.6 Å². The van der Waals surface area contributed by atoms with E-state index >= 15 is 0 Å². The Hall–Kier alpha value is -3.83. The van der Waals surface area contributed by atoms with Crippen LogP contribution in [0.5, 0.6) is 11.5 Å². The van der Waals surface area contributed by atoms with Crippen molar-refractivity contribution in [3.8, 4) is 11.5 Å². The minimum absolute atomic E-state index is 0.0452. The second-order valence-corrected chi connectivity index (χ2v) is 12.2. The van der Waals surface area contributed by atoms with E-state index in [1.807, 2.05) is 13.8 Å². The first kappa shape index (κ1) is 33.7. The van der Waals surface area contributed by atoms with E-state index < -0.39 is 34.3 Å². The smallest absolute Gasteiger partial charge is 0.264 e. The number of carbonyl (C=O) groups excluding carboxylic acids is 2. The molecule has 12 heteroatoms. The molecule has 0 unspecified atom stereocenters. The van der Waals surface area contributed by atoms with E-state index in [4.69, 9.17) is 21.1 Å². The Kier molecular flexibility index (Phi) is 11.8. The van der Waals surface area contributed by atoms with Crippen LogP contribution in [0.1, 0.15) is 39.2 Å². The fourth-order valence-corrected chi connectivity index (χ4v) is 5.94. The Balaban J connectivity index is 2.09. The average molecular weight is 634 g/mol. The molecule has 3 aromatic rings. The maximum absolute atomic E-state index is 14.1. The topological polar surface area (TPSA) is 105 Å². The van der Waals surface area contributed by atoms with Crippen molar-refractivity contribution < 1.29 is 31.9 Å². The highest BCUT2D eigenvalue weighted by molar-refractivity contribution is 7.92. The van der Waals surface area contributed by atoms with Gasteiger partial charge >= 0.3 is 0 Å². The van der Waals surface area contributed by atoms with Gasteiger partial charge in [0.25, 0.3) is 10.0 Å². The molecule has 3 aromatic carbocycles. The summed E-state index contributed by atoms with van der Waals surface area (Å²) in [7, 11) is -1.53. The molecule has 0 fully saturated rings. The molecule has 0 aliphatic heterocycles. The van der Waals surface area contributed by atoms with Crippen LogP contribution in [-0.4, -0.2) is 58.0 Å². The lowest BCUT2D eigenvalue weighted by atomic mass is 10.1. The summed E-state index contributed by atoms with van der Waals surface area (Å²) in [5, 5.41) is 3.30. The molecule has 0 aliphatic rings. The fraction of sp³-hybridized carbons (Fsp3) is 0.355. The summed E-state index contributed by atoms with van der Waals surface area (Å²) in [4.78, 5) is 28.7. The first-order valence-electron chi connectivity index (χ1n) is 13.8. The van der Waals surface area contributed by atoms with Crippen molar-refractivity contribution in [1.29, 1.82) is 0 Å². The van der Waals surface area contributed by atoms with Crippen LogP contribution >= 0.6 is 11.6 Å². The summed E-state index contributed by atoms with van der Waals surface area (Å²) in [6, 6.07) is 14.7. The molecule has 232 valence electrons. The number of methoxy groups -OCH3 is 2. The van der Waals surface area contributed by atoms with Crippen LogP contribution in [-0.2, 0) is 26.2 Å². The summed E-state index contributed by atoms with van der Waals surface area (Å²) in [5.41, 5.74) is 0.761. The van der Waals surface area contributed by atoms with E-state index in [2.05, 4.69) is 5.32 Å². The lowest BCUT2D eigenvalue weighted by molar-refractivity contribution is -0.140. The van der Waals surface area contributed by atoms with Gasteiger partial charge in [0.05, 0.1) is 24.8 Å². The van der Waals surface area contributed by atoms with Crippen molar-refractivity contribution in [1.82, 2.24) is 10.2 Å². The molecule has 0 saturated carbocycles. The van der Waals surface area contributed by atoms with Gasteiger partial charge in [0.2, 0.25) is 11.8 Å². The zero-order valence-corrected chi connectivity index (χ0v) is 26.4. The largest absolute Gasteiger partial charge is 0.493 e. The average Bonchev–Trinajstić information content (AvgIpc) is 3.00. The van der Waals surface area contributed by atoms with Crippen molar-refractivity contribution >= 4 is 39.1 Å². The van der Waals surface area contributed by atoms with Gasteiger partial charge in [-0.2, -0.15) is 0 Å². The SMILES string of the molecule is CC[C@@H](C)NC(=O)[C@H](CC)N(Cc1ccc(F)cc1)C(=O)CN(c1ccc(Cl)cc1)S(=O)(=O)c1ccc(OC)c(OC)c1. The molecule has 0 bridgehead atoms. The number of nitrogens with one attached hydrogen (secondary N) is 1. The van der Waals surface area contributed by atoms with E-state index in [1.165, 1.54) is 85.8 Å². The number of nitrogens with zero attached hydrogens (tertiary/aromatic N) is 2. The molecule has 1 N–H and O–H groups in total. The van der Waals surface area contributed by atoms with E-state index in [1.54, 1.807) is 6.92 Å². The number of benzene rings is 3. The van der Waals surface area contributed by atoms with E-state index in [-0.39, 0.29) is 41.2 Å². The predicted octanol–water partition coefficient (Wildman–Crippen LogP) is 5.41. The highest BCUT2D eigenvalue weighted by Crippen LogP contribution is 2.33. The summed E-state index contributed by atoms with van der Waals surface area (Å²) >= 11 is 6.08. The van der Waals surface area contributed by atoms with Crippen LogP contribution in [0.15, 0.2) is 71.6 Å². The van der Waals surface area contributed by atoms with Gasteiger partial charge in [0.1, 0.15) is 18.4 Å². The van der Waals surface area contributed by atoms with Gasteiger partial charge in [0, 0.05) is 23.7 Å². The van der Waals surface area contributed by atoms with E-state index in [0.29, 0.717) is 22.8 Å². The predicted molar refractivity (Wildman–Crippen MR) is 164 cm³/mol. The molecule has 0 heterocycles. The quantitative estimate of drug-likeness (QED) is 0.254. The van der Waals surface area contributed by atoms with Crippen LogP contribution in [0.4, 0.5) is 10.1 Å². The van der Waals surface area contributed by atoms with Crippen molar-refractivity contribution in [3.63, 3.8) is 0 Å². The highest BCUT2D eigenvalue weighted by atomic mass is 35.5. The number of halogens is 2. The second kappa shape index (κ2) is 15.1. The number of anilines is 1. The summed E-state index contributed by atoms with van der Waals surface area (Å²) in [5.74, 6) is -0.920.